The van der Waals surface area contributed by atoms with Gasteiger partial charge in [-0.15, -0.1) is 0 Å². The lowest BCUT2D eigenvalue weighted by atomic mass is 9.83. The van der Waals surface area contributed by atoms with Gasteiger partial charge in [-0.1, -0.05) is 26.0 Å². The Morgan fingerprint density at radius 3 is 2.47 bits per heavy atom. The van der Waals surface area contributed by atoms with Gasteiger partial charge in [0, 0.05) is 11.0 Å². The van der Waals surface area contributed by atoms with E-state index in [2.05, 4.69) is 19.9 Å². The van der Waals surface area contributed by atoms with E-state index in [1.807, 2.05) is 13.0 Å². The van der Waals surface area contributed by atoms with E-state index in [1.165, 1.54) is 11.1 Å². The standard InChI is InChI=1S/C16H22O3/c1-10(2)14-12(6-5-11(3)15(14)19-4)16(7-8-16)9-13(17)18/h5-6,10H,7-9H2,1-4H3,(H,17,18). The molecule has 1 aromatic rings. The molecule has 0 heterocycles. The zero-order chi connectivity index (χ0) is 14.2. The molecule has 0 amide bonds. The van der Waals surface area contributed by atoms with Crippen LogP contribution in [0.25, 0.3) is 0 Å². The molecule has 2 rings (SSSR count). The number of aryl methyl sites for hydroxylation is 1. The predicted octanol–water partition coefficient (Wildman–Crippen LogP) is 3.63. The van der Waals surface area contributed by atoms with Crippen molar-refractivity contribution < 1.29 is 14.6 Å². The van der Waals surface area contributed by atoms with Crippen LogP contribution >= 0.6 is 0 Å². The second kappa shape index (κ2) is 4.87. The third-order valence-corrected chi connectivity index (χ3v) is 4.09. The van der Waals surface area contributed by atoms with Crippen molar-refractivity contribution in [2.24, 2.45) is 0 Å². The number of carboxylic acids is 1. The lowest BCUT2D eigenvalue weighted by Crippen LogP contribution is -2.16. The van der Waals surface area contributed by atoms with Crippen LogP contribution in [0.5, 0.6) is 5.75 Å². The number of rotatable bonds is 5. The van der Waals surface area contributed by atoms with E-state index in [9.17, 15) is 4.79 Å². The molecular weight excluding hydrogens is 240 g/mol. The average Bonchev–Trinajstić information content (AvgIpc) is 3.08. The monoisotopic (exact) mass is 262 g/mol. The highest BCUT2D eigenvalue weighted by Crippen LogP contribution is 2.54. The van der Waals surface area contributed by atoms with Gasteiger partial charge in [-0.2, -0.15) is 0 Å². The molecule has 3 heteroatoms. The lowest BCUT2D eigenvalue weighted by Gasteiger charge is -2.24. The van der Waals surface area contributed by atoms with E-state index < -0.39 is 5.97 Å². The zero-order valence-corrected chi connectivity index (χ0v) is 12.1. The highest BCUT2D eigenvalue weighted by molar-refractivity contribution is 5.71. The minimum absolute atomic E-state index is 0.160. The van der Waals surface area contributed by atoms with Crippen molar-refractivity contribution in [2.45, 2.75) is 51.4 Å². The van der Waals surface area contributed by atoms with Gasteiger partial charge in [-0.25, -0.2) is 0 Å². The maximum absolute atomic E-state index is 11.1. The maximum Gasteiger partial charge on any atom is 0.304 e. The van der Waals surface area contributed by atoms with Crippen LogP contribution < -0.4 is 4.74 Å². The molecule has 0 spiro atoms. The van der Waals surface area contributed by atoms with Crippen molar-refractivity contribution in [3.63, 3.8) is 0 Å². The molecule has 1 N–H and O–H groups in total. The Balaban J connectivity index is 2.55. The van der Waals surface area contributed by atoms with Crippen LogP contribution in [0.3, 0.4) is 0 Å². The molecule has 1 aliphatic rings. The second-order valence-electron chi connectivity index (χ2n) is 5.88. The van der Waals surface area contributed by atoms with Gasteiger partial charge in [0.1, 0.15) is 5.75 Å². The van der Waals surface area contributed by atoms with Gasteiger partial charge in [0.25, 0.3) is 0 Å². The van der Waals surface area contributed by atoms with Gasteiger partial charge in [-0.3, -0.25) is 4.79 Å². The second-order valence-corrected chi connectivity index (χ2v) is 5.88. The molecule has 1 saturated carbocycles. The van der Waals surface area contributed by atoms with Crippen LogP contribution in [0, 0.1) is 6.92 Å². The molecular formula is C16H22O3. The average molecular weight is 262 g/mol. The zero-order valence-electron chi connectivity index (χ0n) is 12.1. The Kier molecular flexibility index (Phi) is 3.57. The Morgan fingerprint density at radius 2 is 2.05 bits per heavy atom. The summed E-state index contributed by atoms with van der Waals surface area (Å²) in [5.74, 6) is 0.534. The molecule has 104 valence electrons. The van der Waals surface area contributed by atoms with E-state index in [1.54, 1.807) is 7.11 Å². The Morgan fingerprint density at radius 1 is 1.42 bits per heavy atom. The molecule has 0 atom stereocenters. The normalized spacial score (nSPS) is 16.5. The molecule has 0 aromatic heterocycles. The van der Waals surface area contributed by atoms with Gasteiger partial charge >= 0.3 is 5.97 Å². The summed E-state index contributed by atoms with van der Waals surface area (Å²) in [4.78, 5) is 11.1. The summed E-state index contributed by atoms with van der Waals surface area (Å²) in [6.45, 7) is 6.31. The maximum atomic E-state index is 11.1. The van der Waals surface area contributed by atoms with Crippen LogP contribution in [-0.2, 0) is 10.2 Å². The van der Waals surface area contributed by atoms with Crippen molar-refractivity contribution >= 4 is 5.97 Å². The summed E-state index contributed by atoms with van der Waals surface area (Å²) in [7, 11) is 1.69. The number of methoxy groups -OCH3 is 1. The Bertz CT molecular complexity index is 499. The highest BCUT2D eigenvalue weighted by Gasteiger charge is 2.47. The van der Waals surface area contributed by atoms with Crippen LogP contribution in [0.1, 0.15) is 55.7 Å². The third-order valence-electron chi connectivity index (χ3n) is 4.09. The number of hydrogen-bond donors (Lipinski definition) is 1. The number of ether oxygens (including phenoxy) is 1. The molecule has 0 saturated heterocycles. The van der Waals surface area contributed by atoms with Gasteiger partial charge in [0.2, 0.25) is 0 Å². The molecule has 0 unspecified atom stereocenters. The van der Waals surface area contributed by atoms with E-state index in [4.69, 9.17) is 9.84 Å². The molecule has 19 heavy (non-hydrogen) atoms. The number of carbonyl (C=O) groups is 1. The summed E-state index contributed by atoms with van der Waals surface area (Å²) < 4.78 is 5.56. The summed E-state index contributed by atoms with van der Waals surface area (Å²) in [6, 6.07) is 4.14. The Labute approximate surface area is 114 Å². The van der Waals surface area contributed by atoms with Crippen LogP contribution in [0.4, 0.5) is 0 Å². The fourth-order valence-electron chi connectivity index (χ4n) is 3.00. The van der Waals surface area contributed by atoms with Crippen molar-refractivity contribution in [3.05, 3.63) is 28.8 Å². The van der Waals surface area contributed by atoms with Crippen LogP contribution in [0.15, 0.2) is 12.1 Å². The number of carboxylic acid groups (broad SMARTS) is 1. The first-order valence-electron chi connectivity index (χ1n) is 6.81. The highest BCUT2D eigenvalue weighted by atomic mass is 16.5. The van der Waals surface area contributed by atoms with Crippen LogP contribution in [0.2, 0.25) is 0 Å². The number of hydrogen-bond acceptors (Lipinski definition) is 2. The smallest absolute Gasteiger partial charge is 0.304 e. The van der Waals surface area contributed by atoms with Gasteiger partial charge in [0.05, 0.1) is 13.5 Å². The topological polar surface area (TPSA) is 46.5 Å². The molecule has 1 aromatic carbocycles. The SMILES string of the molecule is COc1c(C)ccc(C2(CC(=O)O)CC2)c1C(C)C. The number of aliphatic carboxylic acids is 1. The van der Waals surface area contributed by atoms with E-state index in [0.717, 1.165) is 24.2 Å². The van der Waals surface area contributed by atoms with Crippen LogP contribution in [-0.4, -0.2) is 18.2 Å². The quantitative estimate of drug-likeness (QED) is 0.881. The lowest BCUT2D eigenvalue weighted by molar-refractivity contribution is -0.137. The van der Waals surface area contributed by atoms with Crippen molar-refractivity contribution in [3.8, 4) is 5.75 Å². The van der Waals surface area contributed by atoms with Gasteiger partial charge < -0.3 is 9.84 Å². The Hall–Kier alpha value is -1.51. The third kappa shape index (κ3) is 2.46. The van der Waals surface area contributed by atoms with Crippen molar-refractivity contribution in [1.29, 1.82) is 0 Å². The number of benzene rings is 1. The first-order valence-corrected chi connectivity index (χ1v) is 6.81. The van der Waals surface area contributed by atoms with Crippen molar-refractivity contribution in [2.75, 3.05) is 7.11 Å². The summed E-state index contributed by atoms with van der Waals surface area (Å²) in [5, 5.41) is 9.13. The largest absolute Gasteiger partial charge is 0.496 e. The minimum atomic E-state index is -0.716. The van der Waals surface area contributed by atoms with Gasteiger partial charge in [0.15, 0.2) is 0 Å². The summed E-state index contributed by atoms with van der Waals surface area (Å²) in [6.07, 6.45) is 2.15. The van der Waals surface area contributed by atoms with E-state index in [0.29, 0.717) is 5.92 Å². The van der Waals surface area contributed by atoms with Gasteiger partial charge in [-0.05, 0) is 36.8 Å². The molecule has 0 bridgehead atoms. The molecule has 0 radical (unpaired) electrons. The molecule has 0 aliphatic heterocycles. The van der Waals surface area contributed by atoms with E-state index in [-0.39, 0.29) is 11.8 Å². The van der Waals surface area contributed by atoms with E-state index >= 15 is 0 Å². The fraction of sp³-hybridized carbons (Fsp3) is 0.562. The summed E-state index contributed by atoms with van der Waals surface area (Å²) in [5.41, 5.74) is 3.31. The molecule has 1 fully saturated rings. The molecule has 1 aliphatic carbocycles. The first-order chi connectivity index (χ1) is 8.91. The predicted molar refractivity (Wildman–Crippen MR) is 75.0 cm³/mol. The minimum Gasteiger partial charge on any atom is -0.496 e. The fourth-order valence-corrected chi connectivity index (χ4v) is 3.00. The first kappa shape index (κ1) is 13.9. The molecule has 3 nitrogen and oxygen atoms in total. The summed E-state index contributed by atoms with van der Waals surface area (Å²) >= 11 is 0. The van der Waals surface area contributed by atoms with Crippen molar-refractivity contribution in [1.82, 2.24) is 0 Å².